The molecule has 0 atom stereocenters. The Labute approximate surface area is 214 Å². The third-order valence-corrected chi connectivity index (χ3v) is 13.5. The molecule has 0 aliphatic carbocycles. The summed E-state index contributed by atoms with van der Waals surface area (Å²) in [6, 6.07) is 32.4. The van der Waals surface area contributed by atoms with Gasteiger partial charge in [0.15, 0.2) is 0 Å². The fourth-order valence-corrected chi connectivity index (χ4v) is 11.5. The average Bonchev–Trinajstić information content (AvgIpc) is 2.91. The summed E-state index contributed by atoms with van der Waals surface area (Å²) in [4.78, 5) is 10.8. The molecule has 0 aromatic heterocycles. The van der Waals surface area contributed by atoms with Crippen LogP contribution in [0, 0.1) is 17.3 Å². The predicted octanol–water partition coefficient (Wildman–Crippen LogP) is 7.36. The van der Waals surface area contributed by atoms with Gasteiger partial charge in [0, 0.05) is 0 Å². The SMILES string of the molecule is O=[N+]([O-])c1ccc(I(OS(=O)(=O)c2ccc3ccc4cccc5ccc2c3c45)c2ccccc2)cc1. The van der Waals surface area contributed by atoms with Crippen molar-refractivity contribution in [2.45, 2.75) is 4.90 Å². The molecule has 178 valence electrons. The molecule has 36 heavy (non-hydrogen) atoms. The van der Waals surface area contributed by atoms with Gasteiger partial charge < -0.3 is 0 Å². The van der Waals surface area contributed by atoms with Gasteiger partial charge in [0.05, 0.1) is 0 Å². The molecule has 0 saturated carbocycles. The Kier molecular flexibility index (Phi) is 5.59. The number of rotatable bonds is 6. The number of nitrogens with zero attached hydrogens (tertiary/aromatic N) is 1. The zero-order chi connectivity index (χ0) is 24.9. The Morgan fingerprint density at radius 1 is 0.639 bits per heavy atom. The molecular weight excluding hydrogens is 589 g/mol. The molecule has 6 aromatic rings. The second kappa shape index (κ2) is 8.81. The van der Waals surface area contributed by atoms with Crippen LogP contribution in [0.25, 0.3) is 32.3 Å². The van der Waals surface area contributed by atoms with E-state index in [0.29, 0.717) is 8.96 Å². The molecule has 0 unspecified atom stereocenters. The van der Waals surface area contributed by atoms with Crippen molar-refractivity contribution in [2.75, 3.05) is 0 Å². The first-order valence-electron chi connectivity index (χ1n) is 11.0. The molecule has 0 saturated heterocycles. The van der Waals surface area contributed by atoms with Gasteiger partial charge in [0.25, 0.3) is 0 Å². The number of halogens is 1. The van der Waals surface area contributed by atoms with Crippen molar-refractivity contribution < 1.29 is 15.9 Å². The molecule has 8 heteroatoms. The summed E-state index contributed by atoms with van der Waals surface area (Å²) in [7, 11) is -4.17. The van der Waals surface area contributed by atoms with E-state index in [9.17, 15) is 18.5 Å². The standard InChI is InChI=1S/C28H18INO5S/c31-30(32)24-15-13-23(14-16-24)29(22-7-2-1-3-8-22)35-36(33,34)26-18-12-21-10-9-19-5-4-6-20-11-17-25(26)28(21)27(19)20/h1-18H. The summed E-state index contributed by atoms with van der Waals surface area (Å²) < 4.78 is 35.1. The number of hydrogen-bond acceptors (Lipinski definition) is 5. The van der Waals surface area contributed by atoms with E-state index in [-0.39, 0.29) is 10.6 Å². The van der Waals surface area contributed by atoms with Crippen LogP contribution in [0.1, 0.15) is 0 Å². The van der Waals surface area contributed by atoms with Crippen molar-refractivity contribution in [1.82, 2.24) is 0 Å². The molecule has 0 aliphatic heterocycles. The average molecular weight is 607 g/mol. The summed E-state index contributed by atoms with van der Waals surface area (Å²) in [6.45, 7) is 0. The third kappa shape index (κ3) is 3.87. The van der Waals surface area contributed by atoms with Crippen LogP contribution in [0.15, 0.2) is 114 Å². The molecule has 0 heterocycles. The van der Waals surface area contributed by atoms with Crippen molar-refractivity contribution in [2.24, 2.45) is 0 Å². The van der Waals surface area contributed by atoms with Gasteiger partial charge in [-0.25, -0.2) is 0 Å². The molecule has 0 fully saturated rings. The van der Waals surface area contributed by atoms with Crippen LogP contribution in [0.4, 0.5) is 5.69 Å². The van der Waals surface area contributed by atoms with Crippen LogP contribution in [-0.4, -0.2) is 13.3 Å². The first kappa shape index (κ1) is 22.8. The van der Waals surface area contributed by atoms with E-state index in [0.717, 1.165) is 30.5 Å². The van der Waals surface area contributed by atoms with Gasteiger partial charge in [0.1, 0.15) is 0 Å². The molecule has 0 N–H and O–H groups in total. The number of benzene rings is 6. The van der Waals surface area contributed by atoms with E-state index >= 15 is 0 Å². The fraction of sp³-hybridized carbons (Fsp3) is 0. The van der Waals surface area contributed by atoms with Crippen LogP contribution in [-0.2, 0) is 12.6 Å². The molecule has 0 aliphatic rings. The molecule has 0 radical (unpaired) electrons. The van der Waals surface area contributed by atoms with E-state index in [4.69, 9.17) is 2.51 Å². The Balaban J connectivity index is 1.50. The van der Waals surface area contributed by atoms with Gasteiger partial charge in [-0.05, 0) is 0 Å². The second-order valence-corrected chi connectivity index (χ2v) is 14.7. The summed E-state index contributed by atoms with van der Waals surface area (Å²) in [5.74, 6) is 0. The van der Waals surface area contributed by atoms with E-state index in [1.165, 1.54) is 12.1 Å². The maximum atomic E-state index is 13.8. The number of non-ortho nitro benzene ring substituents is 1. The molecule has 0 amide bonds. The van der Waals surface area contributed by atoms with Crippen LogP contribution in [0.2, 0.25) is 0 Å². The molecule has 0 spiro atoms. The maximum absolute atomic E-state index is 13.8. The fourth-order valence-electron chi connectivity index (χ4n) is 4.45. The Morgan fingerprint density at radius 3 is 1.89 bits per heavy atom. The van der Waals surface area contributed by atoms with Crippen molar-refractivity contribution in [3.05, 3.63) is 126 Å². The van der Waals surface area contributed by atoms with Crippen molar-refractivity contribution >= 4 is 68.4 Å². The topological polar surface area (TPSA) is 86.5 Å². The van der Waals surface area contributed by atoms with Gasteiger partial charge in [-0.15, -0.1) is 0 Å². The van der Waals surface area contributed by atoms with Crippen molar-refractivity contribution in [3.63, 3.8) is 0 Å². The third-order valence-electron chi connectivity index (χ3n) is 6.07. The molecule has 6 aromatic carbocycles. The molecular formula is C28H18INO5S. The molecule has 0 bridgehead atoms. The van der Waals surface area contributed by atoms with E-state index in [1.54, 1.807) is 18.2 Å². The minimum absolute atomic E-state index is 0.0581. The first-order valence-corrected chi connectivity index (χ1v) is 15.5. The van der Waals surface area contributed by atoms with Gasteiger partial charge in [-0.2, -0.15) is 0 Å². The van der Waals surface area contributed by atoms with Crippen LogP contribution in [0.5, 0.6) is 0 Å². The Morgan fingerprint density at radius 2 is 1.22 bits per heavy atom. The van der Waals surface area contributed by atoms with E-state index in [2.05, 4.69) is 0 Å². The summed E-state index contributed by atoms with van der Waals surface area (Å²) in [5.41, 5.74) is -0.0581. The van der Waals surface area contributed by atoms with Gasteiger partial charge in [-0.3, -0.25) is 0 Å². The second-order valence-electron chi connectivity index (χ2n) is 8.21. The number of nitro groups is 1. The first-order chi connectivity index (χ1) is 17.4. The number of hydrogen-bond donors (Lipinski definition) is 0. The monoisotopic (exact) mass is 607 g/mol. The zero-order valence-electron chi connectivity index (χ0n) is 18.7. The van der Waals surface area contributed by atoms with Crippen molar-refractivity contribution in [1.29, 1.82) is 0 Å². The number of nitro benzene ring substituents is 1. The van der Waals surface area contributed by atoms with Gasteiger partial charge >= 0.3 is 216 Å². The zero-order valence-corrected chi connectivity index (χ0v) is 21.6. The molecule has 6 rings (SSSR count). The quantitative estimate of drug-likeness (QED) is 0.0855. The Bertz CT molecular complexity index is 1840. The van der Waals surface area contributed by atoms with Crippen LogP contribution in [0.3, 0.4) is 0 Å². The molecule has 6 nitrogen and oxygen atoms in total. The predicted molar refractivity (Wildman–Crippen MR) is 149 cm³/mol. The normalized spacial score (nSPS) is 12.4. The minimum atomic E-state index is -4.17. The van der Waals surface area contributed by atoms with Gasteiger partial charge in [-0.1, -0.05) is 0 Å². The van der Waals surface area contributed by atoms with Gasteiger partial charge in [0.2, 0.25) is 0 Å². The Hall–Kier alpha value is -3.60. The van der Waals surface area contributed by atoms with Crippen molar-refractivity contribution in [3.8, 4) is 0 Å². The summed E-state index contributed by atoms with van der Waals surface area (Å²) in [5, 5.41) is 16.7. The van der Waals surface area contributed by atoms with Crippen LogP contribution >= 0.6 is 20.2 Å². The summed E-state index contributed by atoms with van der Waals surface area (Å²) in [6.07, 6.45) is 0. The van der Waals surface area contributed by atoms with E-state index in [1.807, 2.05) is 78.9 Å². The van der Waals surface area contributed by atoms with Crippen LogP contribution < -0.4 is 0 Å². The summed E-state index contributed by atoms with van der Waals surface area (Å²) >= 11 is -2.99. The van der Waals surface area contributed by atoms with E-state index < -0.39 is 35.3 Å².